The summed E-state index contributed by atoms with van der Waals surface area (Å²) in [6, 6.07) is 10.3. The van der Waals surface area contributed by atoms with E-state index < -0.39 is 0 Å². The third-order valence-corrected chi connectivity index (χ3v) is 2.90. The minimum atomic E-state index is 0.0914. The van der Waals surface area contributed by atoms with Gasteiger partial charge in [0.25, 0.3) is 0 Å². The van der Waals surface area contributed by atoms with Crippen LogP contribution in [0.2, 0.25) is 0 Å². The van der Waals surface area contributed by atoms with Gasteiger partial charge >= 0.3 is 0 Å². The molecule has 2 rings (SSSR count). The highest BCUT2D eigenvalue weighted by molar-refractivity contribution is 5.79. The minimum absolute atomic E-state index is 0.0914. The summed E-state index contributed by atoms with van der Waals surface area (Å²) in [7, 11) is 0. The molecule has 1 aromatic carbocycles. The largest absolute Gasteiger partial charge is 0.314 e. The van der Waals surface area contributed by atoms with E-state index in [4.69, 9.17) is 4.99 Å². The number of benzene rings is 1. The van der Waals surface area contributed by atoms with E-state index in [9.17, 15) is 0 Å². The van der Waals surface area contributed by atoms with Crippen LogP contribution in [-0.4, -0.2) is 24.8 Å². The van der Waals surface area contributed by atoms with E-state index in [1.54, 1.807) is 0 Å². The van der Waals surface area contributed by atoms with Crippen molar-refractivity contribution in [3.8, 4) is 0 Å². The summed E-state index contributed by atoms with van der Waals surface area (Å²) in [5.41, 5.74) is 1.28. The molecule has 1 N–H and O–H groups in total. The summed E-state index contributed by atoms with van der Waals surface area (Å²) >= 11 is 0. The molecule has 1 saturated heterocycles. The first-order valence-electron chi connectivity index (χ1n) is 5.60. The maximum atomic E-state index is 4.70. The second-order valence-electron chi connectivity index (χ2n) is 4.45. The zero-order valence-electron chi connectivity index (χ0n) is 9.24. The van der Waals surface area contributed by atoms with Gasteiger partial charge in [-0.05, 0) is 31.9 Å². The Morgan fingerprint density at radius 2 is 2.13 bits per heavy atom. The Labute approximate surface area is 91.4 Å². The summed E-state index contributed by atoms with van der Waals surface area (Å²) < 4.78 is 0. The Hall–Kier alpha value is -1.15. The molecule has 0 radical (unpaired) electrons. The van der Waals surface area contributed by atoms with Crippen LogP contribution < -0.4 is 5.32 Å². The van der Waals surface area contributed by atoms with Crippen LogP contribution in [0.15, 0.2) is 35.3 Å². The maximum absolute atomic E-state index is 4.70. The molecular formula is C13H18N2. The average Bonchev–Trinajstić information content (AvgIpc) is 2.29. The fourth-order valence-electron chi connectivity index (χ4n) is 1.92. The van der Waals surface area contributed by atoms with Gasteiger partial charge in [0.05, 0.1) is 5.54 Å². The van der Waals surface area contributed by atoms with Crippen LogP contribution in [0.25, 0.3) is 0 Å². The summed E-state index contributed by atoms with van der Waals surface area (Å²) in [6.45, 7) is 4.35. The quantitative estimate of drug-likeness (QED) is 0.731. The molecule has 1 unspecified atom stereocenters. The first-order chi connectivity index (χ1) is 7.29. The van der Waals surface area contributed by atoms with Crippen LogP contribution >= 0.6 is 0 Å². The number of nitrogens with one attached hydrogen (secondary N) is 1. The molecule has 1 aliphatic heterocycles. The lowest BCUT2D eigenvalue weighted by Crippen LogP contribution is -2.41. The molecule has 2 nitrogen and oxygen atoms in total. The zero-order valence-corrected chi connectivity index (χ0v) is 9.24. The van der Waals surface area contributed by atoms with Gasteiger partial charge in [-0.3, -0.25) is 4.99 Å². The molecule has 0 saturated carbocycles. The number of nitrogens with zero attached hydrogens (tertiary/aromatic N) is 1. The lowest BCUT2D eigenvalue weighted by Gasteiger charge is -2.30. The first-order valence-corrected chi connectivity index (χ1v) is 5.60. The fraction of sp³-hybridized carbons (Fsp3) is 0.462. The van der Waals surface area contributed by atoms with Gasteiger partial charge in [0.15, 0.2) is 0 Å². The van der Waals surface area contributed by atoms with Crippen LogP contribution in [0, 0.1) is 0 Å². The Kier molecular flexibility index (Phi) is 3.17. The molecule has 1 aliphatic rings. The molecule has 1 atom stereocenters. The van der Waals surface area contributed by atoms with Crippen LogP contribution in [0.3, 0.4) is 0 Å². The third-order valence-electron chi connectivity index (χ3n) is 2.90. The smallest absolute Gasteiger partial charge is 0.0704 e. The highest BCUT2D eigenvalue weighted by Crippen LogP contribution is 2.19. The Morgan fingerprint density at radius 3 is 2.80 bits per heavy atom. The fourth-order valence-corrected chi connectivity index (χ4v) is 1.92. The van der Waals surface area contributed by atoms with E-state index in [0.717, 1.165) is 13.1 Å². The van der Waals surface area contributed by atoms with Crippen molar-refractivity contribution >= 4 is 6.21 Å². The van der Waals surface area contributed by atoms with Crippen molar-refractivity contribution < 1.29 is 0 Å². The Morgan fingerprint density at radius 1 is 1.33 bits per heavy atom. The predicted molar refractivity (Wildman–Crippen MR) is 64.5 cm³/mol. The van der Waals surface area contributed by atoms with Gasteiger partial charge in [0, 0.05) is 12.8 Å². The molecule has 2 heteroatoms. The highest BCUT2D eigenvalue weighted by atomic mass is 15.0. The molecule has 80 valence electrons. The van der Waals surface area contributed by atoms with Gasteiger partial charge in [0.1, 0.15) is 0 Å². The topological polar surface area (TPSA) is 24.4 Å². The summed E-state index contributed by atoms with van der Waals surface area (Å²) in [5, 5.41) is 3.40. The second-order valence-corrected chi connectivity index (χ2v) is 4.45. The number of hydrogen-bond donors (Lipinski definition) is 1. The standard InChI is InChI=1S/C13H18N2/c1-13(8-5-9-14-11-13)15-10-12-6-3-2-4-7-12/h2-4,6-7,10,14H,5,8-9,11H2,1H3. The molecule has 0 bridgehead atoms. The number of piperidine rings is 1. The molecule has 1 heterocycles. The Bertz CT molecular complexity index is 324. The zero-order chi connectivity index (χ0) is 10.6. The van der Waals surface area contributed by atoms with Crippen molar-refractivity contribution in [3.05, 3.63) is 35.9 Å². The maximum Gasteiger partial charge on any atom is 0.0704 e. The SMILES string of the molecule is CC1(N=Cc2ccccc2)CCCNC1. The molecule has 1 fully saturated rings. The Balaban J connectivity index is 2.04. The van der Waals surface area contributed by atoms with Crippen molar-refractivity contribution in [2.24, 2.45) is 4.99 Å². The third kappa shape index (κ3) is 2.90. The predicted octanol–water partition coefficient (Wildman–Crippen LogP) is 2.25. The van der Waals surface area contributed by atoms with Crippen molar-refractivity contribution in [2.75, 3.05) is 13.1 Å². The van der Waals surface area contributed by atoms with Crippen LogP contribution in [0.4, 0.5) is 0 Å². The van der Waals surface area contributed by atoms with Crippen molar-refractivity contribution in [1.82, 2.24) is 5.32 Å². The van der Waals surface area contributed by atoms with Gasteiger partial charge in [0.2, 0.25) is 0 Å². The summed E-state index contributed by atoms with van der Waals surface area (Å²) in [6.07, 6.45) is 4.40. The molecule has 1 aromatic rings. The van der Waals surface area contributed by atoms with Crippen molar-refractivity contribution in [3.63, 3.8) is 0 Å². The highest BCUT2D eigenvalue weighted by Gasteiger charge is 2.24. The van der Waals surface area contributed by atoms with Gasteiger partial charge in [-0.25, -0.2) is 0 Å². The van der Waals surface area contributed by atoms with Crippen LogP contribution in [-0.2, 0) is 0 Å². The van der Waals surface area contributed by atoms with E-state index >= 15 is 0 Å². The average molecular weight is 202 g/mol. The lowest BCUT2D eigenvalue weighted by molar-refractivity contribution is 0.345. The normalized spacial score (nSPS) is 27.0. The van der Waals surface area contributed by atoms with Gasteiger partial charge < -0.3 is 5.32 Å². The first kappa shape index (κ1) is 10.4. The molecule has 0 aromatic heterocycles. The van der Waals surface area contributed by atoms with E-state index in [-0.39, 0.29) is 5.54 Å². The molecule has 0 amide bonds. The van der Waals surface area contributed by atoms with Gasteiger partial charge in [-0.1, -0.05) is 30.3 Å². The van der Waals surface area contributed by atoms with Gasteiger partial charge in [-0.2, -0.15) is 0 Å². The second kappa shape index (κ2) is 4.58. The van der Waals surface area contributed by atoms with Gasteiger partial charge in [-0.15, -0.1) is 0 Å². The molecule has 0 aliphatic carbocycles. The lowest BCUT2D eigenvalue weighted by atomic mass is 9.93. The monoisotopic (exact) mass is 202 g/mol. The number of rotatable bonds is 2. The van der Waals surface area contributed by atoms with Crippen molar-refractivity contribution in [1.29, 1.82) is 0 Å². The van der Waals surface area contributed by atoms with Crippen LogP contribution in [0.1, 0.15) is 25.3 Å². The molecule has 15 heavy (non-hydrogen) atoms. The molecular weight excluding hydrogens is 184 g/mol. The van der Waals surface area contributed by atoms with E-state index in [1.807, 2.05) is 24.4 Å². The van der Waals surface area contributed by atoms with Crippen LogP contribution in [0.5, 0.6) is 0 Å². The van der Waals surface area contributed by atoms with E-state index in [1.165, 1.54) is 18.4 Å². The van der Waals surface area contributed by atoms with E-state index in [0.29, 0.717) is 0 Å². The van der Waals surface area contributed by atoms with Crippen molar-refractivity contribution in [2.45, 2.75) is 25.3 Å². The summed E-state index contributed by atoms with van der Waals surface area (Å²) in [5.74, 6) is 0. The van der Waals surface area contributed by atoms with E-state index in [2.05, 4.69) is 24.4 Å². The summed E-state index contributed by atoms with van der Waals surface area (Å²) in [4.78, 5) is 4.70. The molecule has 0 spiro atoms. The minimum Gasteiger partial charge on any atom is -0.314 e. The number of hydrogen-bond acceptors (Lipinski definition) is 2. The number of aliphatic imine (C=N–C) groups is 1.